The van der Waals surface area contributed by atoms with Gasteiger partial charge in [-0.05, 0) is 43.2 Å². The molecule has 0 radical (unpaired) electrons. The number of rotatable bonds is 5. The Balaban J connectivity index is 1.65. The second-order valence-electron chi connectivity index (χ2n) is 8.50. The van der Waals surface area contributed by atoms with E-state index in [4.69, 9.17) is 15.5 Å². The minimum atomic E-state index is -0.273. The van der Waals surface area contributed by atoms with Crippen LogP contribution in [0.5, 0.6) is 5.75 Å². The number of fused-ring (bicyclic) bond motifs is 1. The van der Waals surface area contributed by atoms with Crippen LogP contribution < -0.4 is 15.8 Å². The van der Waals surface area contributed by atoms with Gasteiger partial charge < -0.3 is 15.8 Å². The number of hydrogen-bond donors (Lipinski definition) is 2. The van der Waals surface area contributed by atoms with Gasteiger partial charge in [-0.3, -0.25) is 4.79 Å². The first kappa shape index (κ1) is 22.6. The fourth-order valence-electron chi connectivity index (χ4n) is 4.01. The second-order valence-corrected chi connectivity index (χ2v) is 9.50. The van der Waals surface area contributed by atoms with Gasteiger partial charge in [-0.2, -0.15) is 0 Å². The third kappa shape index (κ3) is 4.48. The summed E-state index contributed by atoms with van der Waals surface area (Å²) in [6.45, 7) is 4.12. The predicted molar refractivity (Wildman–Crippen MR) is 145 cm³/mol. The van der Waals surface area contributed by atoms with Crippen LogP contribution >= 0.6 is 11.3 Å². The minimum Gasteiger partial charge on any atom is -0.497 e. The highest BCUT2D eigenvalue weighted by Gasteiger charge is 2.22. The SMILES string of the molecule is COc1cccc(NC(=O)c2sc3nc(-c4ccc(C)cc4)cc(-c4ccc(C)cc4)c3c2N)c1. The van der Waals surface area contributed by atoms with Crippen LogP contribution in [-0.2, 0) is 0 Å². The zero-order valence-electron chi connectivity index (χ0n) is 19.8. The first-order valence-electron chi connectivity index (χ1n) is 11.3. The number of pyridine rings is 1. The number of nitrogens with one attached hydrogen (secondary N) is 1. The zero-order valence-corrected chi connectivity index (χ0v) is 20.6. The van der Waals surface area contributed by atoms with Gasteiger partial charge in [-0.1, -0.05) is 65.7 Å². The maximum Gasteiger partial charge on any atom is 0.267 e. The van der Waals surface area contributed by atoms with E-state index < -0.39 is 0 Å². The van der Waals surface area contributed by atoms with Gasteiger partial charge in [0.2, 0.25) is 0 Å². The van der Waals surface area contributed by atoms with Crippen LogP contribution in [0.2, 0.25) is 0 Å². The Morgan fingerprint density at radius 1 is 0.914 bits per heavy atom. The third-order valence-corrected chi connectivity index (χ3v) is 7.04. The lowest BCUT2D eigenvalue weighted by Crippen LogP contribution is -2.12. The monoisotopic (exact) mass is 479 g/mol. The van der Waals surface area contributed by atoms with E-state index >= 15 is 0 Å². The smallest absolute Gasteiger partial charge is 0.267 e. The normalized spacial score (nSPS) is 10.9. The maximum absolute atomic E-state index is 13.2. The number of amides is 1. The Morgan fingerprint density at radius 3 is 2.23 bits per heavy atom. The van der Waals surface area contributed by atoms with Gasteiger partial charge in [0.1, 0.15) is 15.5 Å². The third-order valence-electron chi connectivity index (χ3n) is 5.94. The molecular formula is C29H25N3O2S. The number of aromatic nitrogens is 1. The van der Waals surface area contributed by atoms with E-state index in [0.29, 0.717) is 22.0 Å². The number of hydrogen-bond acceptors (Lipinski definition) is 5. The molecule has 174 valence electrons. The van der Waals surface area contributed by atoms with Crippen molar-refractivity contribution in [3.8, 4) is 28.1 Å². The summed E-state index contributed by atoms with van der Waals surface area (Å²) >= 11 is 1.31. The van der Waals surface area contributed by atoms with Gasteiger partial charge in [0.15, 0.2) is 0 Å². The molecular weight excluding hydrogens is 454 g/mol. The lowest BCUT2D eigenvalue weighted by molar-refractivity contribution is 0.103. The van der Waals surface area contributed by atoms with E-state index in [1.807, 2.05) is 18.2 Å². The Labute approximate surface area is 208 Å². The number of methoxy groups -OCH3 is 1. The number of benzene rings is 3. The Hall–Kier alpha value is -4.16. The highest BCUT2D eigenvalue weighted by atomic mass is 32.1. The molecule has 5 aromatic rings. The number of aryl methyl sites for hydroxylation is 2. The van der Waals surface area contributed by atoms with Crippen LogP contribution in [0.3, 0.4) is 0 Å². The molecule has 0 saturated heterocycles. The van der Waals surface area contributed by atoms with E-state index in [-0.39, 0.29) is 5.91 Å². The molecule has 0 aliphatic heterocycles. The Bertz CT molecular complexity index is 1540. The number of carbonyl (C=O) groups is 1. The van der Waals surface area contributed by atoms with Gasteiger partial charge in [0.05, 0.1) is 18.5 Å². The van der Waals surface area contributed by atoms with Crippen LogP contribution in [0.4, 0.5) is 11.4 Å². The van der Waals surface area contributed by atoms with Crippen molar-refractivity contribution in [1.82, 2.24) is 4.98 Å². The molecule has 35 heavy (non-hydrogen) atoms. The van der Waals surface area contributed by atoms with E-state index in [1.165, 1.54) is 22.5 Å². The summed E-state index contributed by atoms with van der Waals surface area (Å²) < 4.78 is 5.27. The fourth-order valence-corrected chi connectivity index (χ4v) is 5.03. The van der Waals surface area contributed by atoms with Crippen LogP contribution in [0.25, 0.3) is 32.6 Å². The number of nitrogen functional groups attached to an aromatic ring is 1. The molecule has 2 aromatic heterocycles. The number of nitrogens with zero attached hydrogens (tertiary/aromatic N) is 1. The average molecular weight is 480 g/mol. The van der Waals surface area contributed by atoms with Crippen molar-refractivity contribution in [3.05, 3.63) is 94.9 Å². The van der Waals surface area contributed by atoms with E-state index in [0.717, 1.165) is 32.6 Å². The first-order chi connectivity index (χ1) is 16.9. The van der Waals surface area contributed by atoms with Crippen molar-refractivity contribution in [1.29, 1.82) is 0 Å². The average Bonchev–Trinajstić information content (AvgIpc) is 3.21. The van der Waals surface area contributed by atoms with Gasteiger partial charge in [-0.25, -0.2) is 4.98 Å². The molecule has 1 amide bonds. The lowest BCUT2D eigenvalue weighted by Gasteiger charge is -2.10. The molecule has 5 nitrogen and oxygen atoms in total. The molecule has 6 heteroatoms. The molecule has 0 bridgehead atoms. The summed E-state index contributed by atoms with van der Waals surface area (Å²) in [7, 11) is 1.59. The van der Waals surface area contributed by atoms with E-state index in [2.05, 4.69) is 73.8 Å². The molecule has 0 fully saturated rings. The number of nitrogens with two attached hydrogens (primary N) is 1. The van der Waals surface area contributed by atoms with Crippen LogP contribution in [0, 0.1) is 13.8 Å². The van der Waals surface area contributed by atoms with Gasteiger partial charge in [0, 0.05) is 22.7 Å². The molecule has 5 rings (SSSR count). The van der Waals surface area contributed by atoms with Crippen molar-refractivity contribution in [2.24, 2.45) is 0 Å². The Morgan fingerprint density at radius 2 is 1.57 bits per heavy atom. The minimum absolute atomic E-state index is 0.273. The summed E-state index contributed by atoms with van der Waals surface area (Å²) in [6.07, 6.45) is 0. The van der Waals surface area contributed by atoms with Gasteiger partial charge >= 0.3 is 0 Å². The standard InChI is InChI=1S/C29H25N3O2S/c1-17-7-11-19(12-8-17)23-16-24(20-13-9-18(2)10-14-20)32-29-25(23)26(30)27(35-29)28(33)31-21-5-4-6-22(15-21)34-3/h4-16H,30H2,1-3H3,(H,31,33). The zero-order chi connectivity index (χ0) is 24.5. The molecule has 0 unspecified atom stereocenters. The van der Waals surface area contributed by atoms with Crippen molar-refractivity contribution in [2.75, 3.05) is 18.2 Å². The fraction of sp³-hybridized carbons (Fsp3) is 0.103. The van der Waals surface area contributed by atoms with Crippen molar-refractivity contribution in [2.45, 2.75) is 13.8 Å². The Kier molecular flexibility index (Phi) is 5.97. The lowest BCUT2D eigenvalue weighted by atomic mass is 9.98. The molecule has 3 aromatic carbocycles. The van der Waals surface area contributed by atoms with Gasteiger partial charge in [0.25, 0.3) is 5.91 Å². The van der Waals surface area contributed by atoms with Gasteiger partial charge in [-0.15, -0.1) is 11.3 Å². The summed E-state index contributed by atoms with van der Waals surface area (Å²) in [6, 6.07) is 25.9. The van der Waals surface area contributed by atoms with Crippen molar-refractivity contribution >= 4 is 38.8 Å². The van der Waals surface area contributed by atoms with E-state index in [9.17, 15) is 4.79 Å². The highest BCUT2D eigenvalue weighted by Crippen LogP contribution is 2.41. The quantitative estimate of drug-likeness (QED) is 0.282. The summed E-state index contributed by atoms with van der Waals surface area (Å²) in [5.74, 6) is 0.392. The molecule has 0 aliphatic rings. The molecule has 2 heterocycles. The van der Waals surface area contributed by atoms with Crippen molar-refractivity contribution < 1.29 is 9.53 Å². The molecule has 0 aliphatic carbocycles. The number of carbonyl (C=O) groups excluding carboxylic acids is 1. The van der Waals surface area contributed by atoms with Crippen LogP contribution in [0.1, 0.15) is 20.8 Å². The maximum atomic E-state index is 13.2. The van der Waals surface area contributed by atoms with E-state index in [1.54, 1.807) is 13.2 Å². The summed E-state index contributed by atoms with van der Waals surface area (Å²) in [4.78, 5) is 19.3. The second kappa shape index (κ2) is 9.24. The van der Waals surface area contributed by atoms with Crippen LogP contribution in [-0.4, -0.2) is 18.0 Å². The number of ether oxygens (including phenoxy) is 1. The number of anilines is 2. The van der Waals surface area contributed by atoms with Crippen LogP contribution in [0.15, 0.2) is 78.9 Å². The first-order valence-corrected chi connectivity index (χ1v) is 12.1. The molecule has 0 spiro atoms. The topological polar surface area (TPSA) is 77.2 Å². The number of thiophene rings is 1. The molecule has 0 saturated carbocycles. The van der Waals surface area contributed by atoms with Crippen molar-refractivity contribution in [3.63, 3.8) is 0 Å². The summed E-state index contributed by atoms with van der Waals surface area (Å²) in [5, 5.41) is 3.73. The summed E-state index contributed by atoms with van der Waals surface area (Å²) in [5.41, 5.74) is 13.9. The largest absolute Gasteiger partial charge is 0.497 e. The highest BCUT2D eigenvalue weighted by molar-refractivity contribution is 7.21. The molecule has 3 N–H and O–H groups in total. The predicted octanol–water partition coefficient (Wildman–Crippen LogP) is 7.09. The molecule has 0 atom stereocenters.